The second-order valence-corrected chi connectivity index (χ2v) is 6.79. The first kappa shape index (κ1) is 16.6. The number of benzene rings is 2. The van der Waals surface area contributed by atoms with E-state index in [1.165, 1.54) is 4.90 Å². The van der Waals surface area contributed by atoms with Crippen LogP contribution in [0.15, 0.2) is 53.4 Å². The molecule has 1 saturated heterocycles. The molecule has 6 heteroatoms. The van der Waals surface area contributed by atoms with Gasteiger partial charge in [-0.15, -0.1) is 0 Å². The maximum absolute atomic E-state index is 12.4. The molecule has 0 radical (unpaired) electrons. The zero-order valence-corrected chi connectivity index (χ0v) is 14.5. The molecule has 0 aromatic heterocycles. The number of nitrogens with one attached hydrogen (secondary N) is 1. The minimum absolute atomic E-state index is 0.123. The molecule has 1 aliphatic heterocycles. The number of anilines is 1. The smallest absolute Gasteiger partial charge is 0.295 e. The summed E-state index contributed by atoms with van der Waals surface area (Å²) in [6, 6.07) is 14.9. The fourth-order valence-electron chi connectivity index (χ4n) is 2.19. The van der Waals surface area contributed by atoms with Gasteiger partial charge in [0.25, 0.3) is 11.1 Å². The molecule has 24 heavy (non-hydrogen) atoms. The zero-order chi connectivity index (χ0) is 17.1. The Morgan fingerprint density at radius 2 is 1.75 bits per heavy atom. The molecule has 2 amide bonds. The Morgan fingerprint density at radius 3 is 2.42 bits per heavy atom. The fourth-order valence-corrected chi connectivity index (χ4v) is 3.15. The van der Waals surface area contributed by atoms with Crippen molar-refractivity contribution in [1.29, 1.82) is 0 Å². The minimum Gasteiger partial charge on any atom is -0.367 e. The number of amides is 2. The highest BCUT2D eigenvalue weighted by molar-refractivity contribution is 8.18. The summed E-state index contributed by atoms with van der Waals surface area (Å²) in [5, 5.41) is 3.41. The van der Waals surface area contributed by atoms with E-state index in [2.05, 4.69) is 5.32 Å². The largest absolute Gasteiger partial charge is 0.367 e. The van der Waals surface area contributed by atoms with Crippen molar-refractivity contribution in [2.45, 2.75) is 6.92 Å². The maximum Gasteiger partial charge on any atom is 0.295 e. The number of carbonyl (C=O) groups excluding carboxylic acids is 2. The van der Waals surface area contributed by atoms with Crippen molar-refractivity contribution >= 4 is 46.3 Å². The van der Waals surface area contributed by atoms with Crippen LogP contribution in [0.2, 0.25) is 5.02 Å². The third kappa shape index (κ3) is 3.80. The van der Waals surface area contributed by atoms with Crippen LogP contribution >= 0.6 is 23.4 Å². The number of nitrogens with zero attached hydrogens (tertiary/aromatic N) is 1. The second-order valence-electron chi connectivity index (χ2n) is 5.36. The molecule has 4 nitrogen and oxygen atoms in total. The Hall–Kier alpha value is -2.24. The van der Waals surface area contributed by atoms with Gasteiger partial charge in [-0.25, -0.2) is 0 Å². The first-order valence-corrected chi connectivity index (χ1v) is 8.54. The molecular formula is C18H15ClN2O2S. The highest BCUT2D eigenvalue weighted by atomic mass is 35.5. The lowest BCUT2D eigenvalue weighted by atomic mass is 10.1. The van der Waals surface area contributed by atoms with E-state index in [-0.39, 0.29) is 17.8 Å². The van der Waals surface area contributed by atoms with Crippen LogP contribution in [-0.4, -0.2) is 22.7 Å². The molecule has 1 fully saturated rings. The van der Waals surface area contributed by atoms with E-state index in [9.17, 15) is 9.59 Å². The predicted octanol–water partition coefficient (Wildman–Crippen LogP) is 4.75. The van der Waals surface area contributed by atoms with Gasteiger partial charge in [0.2, 0.25) is 0 Å². The van der Waals surface area contributed by atoms with E-state index < -0.39 is 0 Å². The Morgan fingerprint density at radius 1 is 1.08 bits per heavy atom. The van der Waals surface area contributed by atoms with Crippen LogP contribution < -0.4 is 5.32 Å². The molecule has 0 aliphatic carbocycles. The van der Waals surface area contributed by atoms with Gasteiger partial charge in [-0.2, -0.15) is 0 Å². The van der Waals surface area contributed by atoms with Crippen molar-refractivity contribution in [1.82, 2.24) is 4.90 Å². The van der Waals surface area contributed by atoms with Gasteiger partial charge in [0.15, 0.2) is 0 Å². The Labute approximate surface area is 149 Å². The second kappa shape index (κ2) is 7.11. The van der Waals surface area contributed by atoms with Crippen molar-refractivity contribution in [3.63, 3.8) is 0 Å². The third-order valence-corrected chi connectivity index (χ3v) is 4.69. The van der Waals surface area contributed by atoms with Crippen LogP contribution in [-0.2, 0) is 4.79 Å². The lowest BCUT2D eigenvalue weighted by Gasteiger charge is -2.14. The summed E-state index contributed by atoms with van der Waals surface area (Å²) in [5.41, 5.74) is 2.84. The number of hydrogen-bond acceptors (Lipinski definition) is 4. The van der Waals surface area contributed by atoms with Crippen LogP contribution in [0.3, 0.4) is 0 Å². The van der Waals surface area contributed by atoms with E-state index in [0.717, 1.165) is 28.6 Å². The molecule has 2 aromatic rings. The van der Waals surface area contributed by atoms with Gasteiger partial charge in [-0.3, -0.25) is 14.5 Å². The SMILES string of the molecule is Cc1ccc(/C=C2/SC(=O)N(CNc3ccc(Cl)cc3)C2=O)cc1. The number of imide groups is 1. The van der Waals surface area contributed by atoms with Crippen LogP contribution in [0, 0.1) is 6.92 Å². The molecule has 0 saturated carbocycles. The van der Waals surface area contributed by atoms with Crippen LogP contribution in [0.5, 0.6) is 0 Å². The minimum atomic E-state index is -0.285. The molecule has 1 heterocycles. The van der Waals surface area contributed by atoms with Crippen molar-refractivity contribution < 1.29 is 9.59 Å². The molecule has 0 spiro atoms. The lowest BCUT2D eigenvalue weighted by molar-refractivity contribution is -0.122. The highest BCUT2D eigenvalue weighted by Gasteiger charge is 2.34. The number of halogens is 1. The maximum atomic E-state index is 12.4. The van der Waals surface area contributed by atoms with Crippen LogP contribution in [0.1, 0.15) is 11.1 Å². The van der Waals surface area contributed by atoms with E-state index in [0.29, 0.717) is 9.93 Å². The van der Waals surface area contributed by atoms with E-state index >= 15 is 0 Å². The fraction of sp³-hybridized carbons (Fsp3) is 0.111. The third-order valence-electron chi connectivity index (χ3n) is 3.53. The van der Waals surface area contributed by atoms with Gasteiger partial charge in [-0.1, -0.05) is 41.4 Å². The van der Waals surface area contributed by atoms with Gasteiger partial charge < -0.3 is 5.32 Å². The number of hydrogen-bond donors (Lipinski definition) is 1. The van der Waals surface area contributed by atoms with Crippen molar-refractivity contribution in [3.05, 3.63) is 69.6 Å². The predicted molar refractivity (Wildman–Crippen MR) is 98.9 cm³/mol. The highest BCUT2D eigenvalue weighted by Crippen LogP contribution is 2.32. The summed E-state index contributed by atoms with van der Waals surface area (Å²) in [6.07, 6.45) is 1.74. The molecule has 1 N–H and O–H groups in total. The van der Waals surface area contributed by atoms with Crippen molar-refractivity contribution in [2.75, 3.05) is 12.0 Å². The summed E-state index contributed by atoms with van der Waals surface area (Å²) >= 11 is 6.79. The van der Waals surface area contributed by atoms with Crippen LogP contribution in [0.4, 0.5) is 10.5 Å². The summed E-state index contributed by atoms with van der Waals surface area (Å²) in [7, 11) is 0. The van der Waals surface area contributed by atoms with Crippen LogP contribution in [0.25, 0.3) is 6.08 Å². The summed E-state index contributed by atoms with van der Waals surface area (Å²) in [5.74, 6) is -0.285. The molecule has 122 valence electrons. The molecule has 0 bridgehead atoms. The number of rotatable bonds is 4. The Bertz CT molecular complexity index is 801. The summed E-state index contributed by atoms with van der Waals surface area (Å²) in [4.78, 5) is 26.1. The quantitative estimate of drug-likeness (QED) is 0.801. The monoisotopic (exact) mass is 358 g/mol. The Kier molecular flexibility index (Phi) is 4.92. The first-order valence-electron chi connectivity index (χ1n) is 7.34. The van der Waals surface area contributed by atoms with Gasteiger partial charge >= 0.3 is 0 Å². The normalized spacial score (nSPS) is 16.1. The first-order chi connectivity index (χ1) is 11.5. The summed E-state index contributed by atoms with van der Waals surface area (Å²) in [6.45, 7) is 2.12. The van der Waals surface area contributed by atoms with Gasteiger partial charge in [0, 0.05) is 10.7 Å². The van der Waals surface area contributed by atoms with E-state index in [1.807, 2.05) is 31.2 Å². The molecule has 2 aromatic carbocycles. The van der Waals surface area contributed by atoms with E-state index in [1.54, 1.807) is 30.3 Å². The zero-order valence-electron chi connectivity index (χ0n) is 13.0. The van der Waals surface area contributed by atoms with Gasteiger partial charge in [-0.05, 0) is 54.6 Å². The molecular weight excluding hydrogens is 344 g/mol. The number of thioether (sulfide) groups is 1. The average molecular weight is 359 g/mol. The van der Waals surface area contributed by atoms with Crippen molar-refractivity contribution in [3.8, 4) is 0 Å². The standard InChI is InChI=1S/C18H15ClN2O2S/c1-12-2-4-13(5-3-12)10-16-17(22)21(18(23)24-16)11-20-15-8-6-14(19)7-9-15/h2-10,20H,11H2,1H3/b16-10+. The molecule has 1 aliphatic rings. The molecule has 0 atom stereocenters. The lowest BCUT2D eigenvalue weighted by Crippen LogP contribution is -2.33. The summed E-state index contributed by atoms with van der Waals surface area (Å²) < 4.78 is 0. The van der Waals surface area contributed by atoms with Crippen molar-refractivity contribution in [2.24, 2.45) is 0 Å². The number of aryl methyl sites for hydroxylation is 1. The number of carbonyl (C=O) groups is 2. The molecule has 3 rings (SSSR count). The van der Waals surface area contributed by atoms with E-state index in [4.69, 9.17) is 11.6 Å². The topological polar surface area (TPSA) is 49.4 Å². The van der Waals surface area contributed by atoms with Gasteiger partial charge in [0.05, 0.1) is 11.6 Å². The molecule has 0 unspecified atom stereocenters. The van der Waals surface area contributed by atoms with Gasteiger partial charge in [0.1, 0.15) is 0 Å². The Balaban J connectivity index is 1.69. The average Bonchev–Trinajstić information content (AvgIpc) is 2.83.